The lowest BCUT2D eigenvalue weighted by molar-refractivity contribution is 0.0486. The van der Waals surface area contributed by atoms with Crippen LogP contribution in [0.2, 0.25) is 0 Å². The first-order chi connectivity index (χ1) is 16.7. The molecule has 0 spiro atoms. The van der Waals surface area contributed by atoms with Gasteiger partial charge in [0.15, 0.2) is 12.7 Å². The molecule has 0 unspecified atom stereocenters. The molecule has 4 N–H and O–H groups in total. The first-order valence-electron chi connectivity index (χ1n) is 12.0. The number of nitrogens with zero attached hydrogens (tertiary/aromatic N) is 4. The summed E-state index contributed by atoms with van der Waals surface area (Å²) in [7, 11) is 1.69. The summed E-state index contributed by atoms with van der Waals surface area (Å²) in [6.45, 7) is 4.65. The van der Waals surface area contributed by atoms with E-state index in [1.54, 1.807) is 7.05 Å². The number of hydrogen-bond donors (Lipinski definition) is 2. The summed E-state index contributed by atoms with van der Waals surface area (Å²) in [5, 5.41) is 4.55. The van der Waals surface area contributed by atoms with E-state index in [9.17, 15) is 4.79 Å². The number of anilines is 1. The van der Waals surface area contributed by atoms with Crippen molar-refractivity contribution in [1.82, 2.24) is 14.9 Å². The van der Waals surface area contributed by atoms with Crippen molar-refractivity contribution in [3.8, 4) is 17.0 Å². The van der Waals surface area contributed by atoms with Crippen molar-refractivity contribution in [3.63, 3.8) is 0 Å². The van der Waals surface area contributed by atoms with Crippen LogP contribution < -0.4 is 16.2 Å². The fourth-order valence-corrected chi connectivity index (χ4v) is 5.16. The number of nitrogen functional groups attached to an aromatic ring is 1. The van der Waals surface area contributed by atoms with Crippen LogP contribution in [0.1, 0.15) is 50.7 Å². The topological polar surface area (TPSA) is 138 Å². The van der Waals surface area contributed by atoms with Gasteiger partial charge >= 0.3 is 6.09 Å². The number of benzene rings is 1. The summed E-state index contributed by atoms with van der Waals surface area (Å²) < 4.78 is 11.6. The Bertz CT molecular complexity index is 1160. The lowest BCUT2D eigenvalue weighted by Gasteiger charge is -2.35. The zero-order chi connectivity index (χ0) is 24.7. The van der Waals surface area contributed by atoms with Crippen molar-refractivity contribution in [2.24, 2.45) is 10.9 Å². The van der Waals surface area contributed by atoms with Gasteiger partial charge in [0, 0.05) is 35.2 Å². The minimum absolute atomic E-state index is 0.139. The predicted octanol–water partition coefficient (Wildman–Crippen LogP) is 2.84. The van der Waals surface area contributed by atoms with Gasteiger partial charge in [-0.25, -0.2) is 14.8 Å². The summed E-state index contributed by atoms with van der Waals surface area (Å²) in [6.07, 6.45) is 4.69. The Balaban J connectivity index is 1.48. The molecule has 10 heteroatoms. The standard InChI is InChI=1S/C25H32N6O4/c1-25(2)20-21(28-13-29-23(20)27)18-9-8-16(34-15-6-4-14(26)5-7-15)10-19(18)22(25)30-33-12-17-11-31(3)24(32)35-17/h8-10,13-15,17H,4-7,11-12,26H2,1-3H3,(H2,27,28,29)/b30-22+/t14?,15?,17-/m0/s1. The highest BCUT2D eigenvalue weighted by Crippen LogP contribution is 2.45. The van der Waals surface area contributed by atoms with E-state index >= 15 is 0 Å². The van der Waals surface area contributed by atoms with Gasteiger partial charge in [-0.2, -0.15) is 0 Å². The first-order valence-corrected chi connectivity index (χ1v) is 12.0. The van der Waals surface area contributed by atoms with Crippen LogP contribution in [0, 0.1) is 0 Å². The van der Waals surface area contributed by atoms with E-state index in [0.717, 1.165) is 53.8 Å². The summed E-state index contributed by atoms with van der Waals surface area (Å²) in [5.41, 5.74) is 15.8. The van der Waals surface area contributed by atoms with E-state index in [2.05, 4.69) is 15.1 Å². The molecule has 1 atom stereocenters. The summed E-state index contributed by atoms with van der Waals surface area (Å²) >= 11 is 0. The number of fused-ring (bicyclic) bond motifs is 3. The quantitative estimate of drug-likeness (QED) is 0.623. The normalized spacial score (nSPS) is 26.2. The van der Waals surface area contributed by atoms with Gasteiger partial charge in [0.2, 0.25) is 0 Å². The Morgan fingerprint density at radius 2 is 1.97 bits per heavy atom. The molecule has 1 amide bonds. The Hall–Kier alpha value is -3.40. The molecule has 186 valence electrons. The van der Waals surface area contributed by atoms with Gasteiger partial charge in [0.05, 0.1) is 24.1 Å². The number of likely N-dealkylation sites (N-methyl/N-ethyl adjacent to an activating group) is 1. The van der Waals surface area contributed by atoms with Crippen molar-refractivity contribution in [1.29, 1.82) is 0 Å². The number of carbonyl (C=O) groups is 1. The zero-order valence-corrected chi connectivity index (χ0v) is 20.4. The Labute approximate surface area is 204 Å². The molecule has 2 aliphatic carbocycles. The van der Waals surface area contributed by atoms with Crippen LogP contribution in [0.15, 0.2) is 29.7 Å². The van der Waals surface area contributed by atoms with Crippen LogP contribution in [-0.2, 0) is 15.0 Å². The molecule has 10 nitrogen and oxygen atoms in total. The summed E-state index contributed by atoms with van der Waals surface area (Å²) in [5.74, 6) is 1.17. The average Bonchev–Trinajstić information content (AvgIpc) is 3.14. The number of carbonyl (C=O) groups excluding carboxylic acids is 1. The fourth-order valence-electron chi connectivity index (χ4n) is 5.16. The maximum atomic E-state index is 11.7. The Morgan fingerprint density at radius 3 is 2.69 bits per heavy atom. The summed E-state index contributed by atoms with van der Waals surface area (Å²) in [4.78, 5) is 27.7. The number of hydrogen-bond acceptors (Lipinski definition) is 9. The van der Waals surface area contributed by atoms with Crippen LogP contribution in [0.25, 0.3) is 11.3 Å². The number of nitrogens with two attached hydrogens (primary N) is 2. The molecule has 3 aliphatic rings. The molecule has 2 aromatic rings. The first kappa shape index (κ1) is 23.3. The highest BCUT2D eigenvalue weighted by molar-refractivity contribution is 6.15. The third-order valence-corrected chi connectivity index (χ3v) is 7.09. The van der Waals surface area contributed by atoms with Gasteiger partial charge in [-0.3, -0.25) is 0 Å². The lowest BCUT2D eigenvalue weighted by Crippen LogP contribution is -2.36. The molecule has 1 saturated carbocycles. The molecule has 0 bridgehead atoms. The number of amides is 1. The van der Waals surface area contributed by atoms with E-state index in [1.165, 1.54) is 11.2 Å². The zero-order valence-electron chi connectivity index (χ0n) is 20.4. The minimum atomic E-state index is -0.632. The molecular formula is C25H32N6O4. The Morgan fingerprint density at radius 1 is 1.20 bits per heavy atom. The van der Waals surface area contributed by atoms with Crippen LogP contribution >= 0.6 is 0 Å². The van der Waals surface area contributed by atoms with Crippen molar-refractivity contribution in [3.05, 3.63) is 35.7 Å². The van der Waals surface area contributed by atoms with E-state index in [-0.39, 0.29) is 30.9 Å². The van der Waals surface area contributed by atoms with Crippen LogP contribution in [-0.4, -0.2) is 65.1 Å². The average molecular weight is 481 g/mol. The largest absolute Gasteiger partial charge is 0.490 e. The molecule has 0 radical (unpaired) electrons. The third-order valence-electron chi connectivity index (χ3n) is 7.09. The number of rotatable bonds is 5. The monoisotopic (exact) mass is 480 g/mol. The second-order valence-electron chi connectivity index (χ2n) is 10.1. The van der Waals surface area contributed by atoms with Gasteiger partial charge in [-0.1, -0.05) is 5.16 Å². The molecule has 1 aliphatic heterocycles. The lowest BCUT2D eigenvalue weighted by atomic mass is 9.70. The van der Waals surface area contributed by atoms with Gasteiger partial charge in [-0.05, 0) is 57.7 Å². The number of ether oxygens (including phenoxy) is 2. The molecule has 1 saturated heterocycles. The second kappa shape index (κ2) is 8.99. The number of oxime groups is 1. The molecule has 2 heterocycles. The van der Waals surface area contributed by atoms with E-state index < -0.39 is 5.41 Å². The van der Waals surface area contributed by atoms with Crippen LogP contribution in [0.4, 0.5) is 10.6 Å². The maximum Gasteiger partial charge on any atom is 0.410 e. The van der Waals surface area contributed by atoms with Crippen molar-refractivity contribution >= 4 is 17.6 Å². The highest BCUT2D eigenvalue weighted by atomic mass is 16.7. The molecule has 1 aromatic heterocycles. The molecule has 35 heavy (non-hydrogen) atoms. The SMILES string of the molecule is CN1C[C@@H](CO/N=C2\c3cc(OC4CCC(N)CC4)ccc3-c3ncnc(N)c3C2(C)C)OC1=O. The van der Waals surface area contributed by atoms with Gasteiger partial charge < -0.3 is 30.7 Å². The van der Waals surface area contributed by atoms with Gasteiger partial charge in [0.1, 0.15) is 17.9 Å². The van der Waals surface area contributed by atoms with E-state index in [1.807, 2.05) is 32.0 Å². The molecule has 1 aromatic carbocycles. The van der Waals surface area contributed by atoms with Gasteiger partial charge in [-0.15, -0.1) is 0 Å². The highest BCUT2D eigenvalue weighted by Gasteiger charge is 2.41. The van der Waals surface area contributed by atoms with Gasteiger partial charge in [0.25, 0.3) is 0 Å². The Kier molecular flexibility index (Phi) is 6.00. The number of aromatic nitrogens is 2. The predicted molar refractivity (Wildman–Crippen MR) is 131 cm³/mol. The minimum Gasteiger partial charge on any atom is -0.490 e. The van der Waals surface area contributed by atoms with E-state index in [0.29, 0.717) is 18.1 Å². The van der Waals surface area contributed by atoms with Crippen molar-refractivity contribution in [2.45, 2.75) is 63.2 Å². The van der Waals surface area contributed by atoms with Crippen molar-refractivity contribution in [2.75, 3.05) is 25.9 Å². The fraction of sp³-hybridized carbons (Fsp3) is 0.520. The van der Waals surface area contributed by atoms with E-state index in [4.69, 9.17) is 25.8 Å². The number of cyclic esters (lactones) is 1. The van der Waals surface area contributed by atoms with Crippen LogP contribution in [0.3, 0.4) is 0 Å². The molecular weight excluding hydrogens is 448 g/mol. The van der Waals surface area contributed by atoms with Crippen molar-refractivity contribution < 1.29 is 19.1 Å². The molecule has 5 rings (SSSR count). The molecule has 2 fully saturated rings. The summed E-state index contributed by atoms with van der Waals surface area (Å²) in [6, 6.07) is 6.21. The third kappa shape index (κ3) is 4.38. The maximum absolute atomic E-state index is 11.7. The second-order valence-corrected chi connectivity index (χ2v) is 10.1. The smallest absolute Gasteiger partial charge is 0.410 e. The van der Waals surface area contributed by atoms with Crippen LogP contribution in [0.5, 0.6) is 5.75 Å².